The van der Waals surface area contributed by atoms with E-state index in [2.05, 4.69) is 0 Å². The van der Waals surface area contributed by atoms with Gasteiger partial charge in [0.1, 0.15) is 6.54 Å². The van der Waals surface area contributed by atoms with Crippen LogP contribution in [0.25, 0.3) is 11.6 Å². The minimum atomic E-state index is -1.28. The molecule has 0 bridgehead atoms. The number of aliphatic carboxylic acids is 1. The van der Waals surface area contributed by atoms with Gasteiger partial charge >= 0.3 is 5.97 Å². The molecule has 0 saturated carbocycles. The van der Waals surface area contributed by atoms with Crippen LogP contribution in [-0.2, 0) is 9.59 Å². The van der Waals surface area contributed by atoms with Gasteiger partial charge in [-0.05, 0) is 35.4 Å². The standard InChI is InChI=1S/C19H15NO6/c1-26-16-9-11(6-7-15(16)21)8-14-12-4-2-3-5-13(12)18(24)20(19(14)25)10-17(22)23/h2-9,21H,10H2,1H3,(H,22,23)/b14-8-. The monoisotopic (exact) mass is 353 g/mol. The number of nitrogens with zero attached hydrogens (tertiary/aromatic N) is 1. The summed E-state index contributed by atoms with van der Waals surface area (Å²) < 4.78 is 5.06. The van der Waals surface area contributed by atoms with Gasteiger partial charge in [0.05, 0.1) is 7.11 Å². The van der Waals surface area contributed by atoms with E-state index in [0.29, 0.717) is 16.0 Å². The summed E-state index contributed by atoms with van der Waals surface area (Å²) in [6.45, 7) is -0.720. The zero-order chi connectivity index (χ0) is 18.8. The predicted octanol–water partition coefficient (Wildman–Crippen LogP) is 2.01. The highest BCUT2D eigenvalue weighted by atomic mass is 16.5. The Morgan fingerprint density at radius 1 is 1.12 bits per heavy atom. The van der Waals surface area contributed by atoms with Crippen LogP contribution in [0.4, 0.5) is 0 Å². The summed E-state index contributed by atoms with van der Waals surface area (Å²) in [5.41, 5.74) is 1.43. The molecule has 0 saturated heterocycles. The Bertz CT molecular complexity index is 947. The Morgan fingerprint density at radius 3 is 2.46 bits per heavy atom. The van der Waals surface area contributed by atoms with E-state index in [-0.39, 0.29) is 22.6 Å². The van der Waals surface area contributed by atoms with E-state index in [1.165, 1.54) is 25.3 Å². The number of phenols is 1. The third kappa shape index (κ3) is 3.02. The molecule has 2 N–H and O–H groups in total. The highest BCUT2D eigenvalue weighted by Crippen LogP contribution is 2.32. The number of carbonyl (C=O) groups is 3. The van der Waals surface area contributed by atoms with Gasteiger partial charge in [-0.3, -0.25) is 19.3 Å². The molecule has 0 atom stereocenters. The van der Waals surface area contributed by atoms with E-state index in [1.54, 1.807) is 30.3 Å². The lowest BCUT2D eigenvalue weighted by molar-refractivity contribution is -0.141. The van der Waals surface area contributed by atoms with Crippen LogP contribution in [0.3, 0.4) is 0 Å². The molecule has 1 aliphatic rings. The van der Waals surface area contributed by atoms with Crippen LogP contribution in [0.1, 0.15) is 21.5 Å². The molecular weight excluding hydrogens is 338 g/mol. The van der Waals surface area contributed by atoms with E-state index in [9.17, 15) is 19.5 Å². The van der Waals surface area contributed by atoms with Gasteiger partial charge in [-0.2, -0.15) is 0 Å². The average molecular weight is 353 g/mol. The Kier molecular flexibility index (Phi) is 4.45. The van der Waals surface area contributed by atoms with Crippen LogP contribution in [0.2, 0.25) is 0 Å². The molecule has 2 aromatic carbocycles. The van der Waals surface area contributed by atoms with E-state index in [0.717, 1.165) is 0 Å². The van der Waals surface area contributed by atoms with Crippen molar-refractivity contribution in [3.8, 4) is 11.5 Å². The summed E-state index contributed by atoms with van der Waals surface area (Å²) in [5.74, 6) is -2.43. The van der Waals surface area contributed by atoms with Crippen LogP contribution in [-0.4, -0.2) is 46.6 Å². The number of aromatic hydroxyl groups is 1. The quantitative estimate of drug-likeness (QED) is 0.644. The van der Waals surface area contributed by atoms with Gasteiger partial charge in [0.15, 0.2) is 11.5 Å². The van der Waals surface area contributed by atoms with Crippen molar-refractivity contribution in [2.75, 3.05) is 13.7 Å². The molecule has 7 heteroatoms. The topological polar surface area (TPSA) is 104 Å². The Hall–Kier alpha value is -3.61. The van der Waals surface area contributed by atoms with Crippen LogP contribution in [0.5, 0.6) is 11.5 Å². The molecule has 0 fully saturated rings. The maximum Gasteiger partial charge on any atom is 0.323 e. The molecular formula is C19H15NO6. The number of phenolic OH excluding ortho intramolecular Hbond substituents is 1. The fourth-order valence-electron chi connectivity index (χ4n) is 2.77. The molecule has 26 heavy (non-hydrogen) atoms. The number of hydrogen-bond donors (Lipinski definition) is 2. The molecule has 1 heterocycles. The third-order valence-electron chi connectivity index (χ3n) is 3.98. The number of hydrogen-bond acceptors (Lipinski definition) is 5. The van der Waals surface area contributed by atoms with Gasteiger partial charge in [0.25, 0.3) is 11.8 Å². The highest BCUT2D eigenvalue weighted by Gasteiger charge is 2.35. The van der Waals surface area contributed by atoms with Gasteiger partial charge in [0, 0.05) is 11.1 Å². The maximum absolute atomic E-state index is 12.8. The van der Waals surface area contributed by atoms with E-state index >= 15 is 0 Å². The predicted molar refractivity (Wildman–Crippen MR) is 92.7 cm³/mol. The van der Waals surface area contributed by atoms with Gasteiger partial charge in [0.2, 0.25) is 0 Å². The van der Waals surface area contributed by atoms with Crippen molar-refractivity contribution < 1.29 is 29.3 Å². The zero-order valence-electron chi connectivity index (χ0n) is 13.8. The number of benzene rings is 2. The fourth-order valence-corrected chi connectivity index (χ4v) is 2.77. The smallest absolute Gasteiger partial charge is 0.323 e. The molecule has 0 aromatic heterocycles. The zero-order valence-corrected chi connectivity index (χ0v) is 13.8. The van der Waals surface area contributed by atoms with E-state index in [4.69, 9.17) is 9.84 Å². The third-order valence-corrected chi connectivity index (χ3v) is 3.98. The number of amides is 2. The van der Waals surface area contributed by atoms with Gasteiger partial charge in [-0.25, -0.2) is 0 Å². The molecule has 2 amide bonds. The SMILES string of the molecule is COc1cc(/C=C2\C(=O)N(CC(=O)O)C(=O)c3ccccc32)ccc1O. The molecule has 0 unspecified atom stereocenters. The van der Waals surface area contributed by atoms with E-state index < -0.39 is 24.3 Å². The summed E-state index contributed by atoms with van der Waals surface area (Å²) >= 11 is 0. The van der Waals surface area contributed by atoms with Crippen LogP contribution < -0.4 is 4.74 Å². The molecule has 2 aromatic rings. The Balaban J connectivity index is 2.15. The largest absolute Gasteiger partial charge is 0.504 e. The normalized spacial score (nSPS) is 15.1. The van der Waals surface area contributed by atoms with Crippen molar-refractivity contribution in [1.29, 1.82) is 0 Å². The minimum absolute atomic E-state index is 0.0484. The first kappa shape index (κ1) is 17.2. The van der Waals surface area contributed by atoms with Crippen molar-refractivity contribution in [3.63, 3.8) is 0 Å². The number of methoxy groups -OCH3 is 1. The number of rotatable bonds is 4. The van der Waals surface area contributed by atoms with Crippen molar-refractivity contribution in [2.24, 2.45) is 0 Å². The Morgan fingerprint density at radius 2 is 1.81 bits per heavy atom. The second-order valence-electron chi connectivity index (χ2n) is 5.63. The lowest BCUT2D eigenvalue weighted by Crippen LogP contribution is -2.44. The number of fused-ring (bicyclic) bond motifs is 1. The van der Waals surface area contributed by atoms with Crippen molar-refractivity contribution in [1.82, 2.24) is 4.90 Å². The lowest BCUT2D eigenvalue weighted by atomic mass is 9.92. The number of imide groups is 1. The summed E-state index contributed by atoms with van der Waals surface area (Å²) in [7, 11) is 1.40. The summed E-state index contributed by atoms with van der Waals surface area (Å²) in [6, 6.07) is 11.1. The highest BCUT2D eigenvalue weighted by molar-refractivity contribution is 6.34. The summed E-state index contributed by atoms with van der Waals surface area (Å²) in [4.78, 5) is 37.0. The minimum Gasteiger partial charge on any atom is -0.504 e. The first-order valence-corrected chi connectivity index (χ1v) is 7.68. The molecule has 7 nitrogen and oxygen atoms in total. The maximum atomic E-state index is 12.8. The van der Waals surface area contributed by atoms with Crippen molar-refractivity contribution in [3.05, 3.63) is 59.2 Å². The van der Waals surface area contributed by atoms with Crippen molar-refractivity contribution >= 4 is 29.4 Å². The number of carboxylic acids is 1. The van der Waals surface area contributed by atoms with Crippen LogP contribution in [0.15, 0.2) is 42.5 Å². The second kappa shape index (κ2) is 6.72. The number of carbonyl (C=O) groups excluding carboxylic acids is 2. The first-order chi connectivity index (χ1) is 12.4. The van der Waals surface area contributed by atoms with E-state index in [1.807, 2.05) is 0 Å². The van der Waals surface area contributed by atoms with Crippen LogP contribution in [0, 0.1) is 0 Å². The number of ether oxygens (including phenoxy) is 1. The molecule has 3 rings (SSSR count). The summed E-state index contributed by atoms with van der Waals surface area (Å²) in [5, 5.41) is 18.7. The fraction of sp³-hybridized carbons (Fsp3) is 0.105. The lowest BCUT2D eigenvalue weighted by Gasteiger charge is -2.27. The molecule has 0 spiro atoms. The molecule has 1 aliphatic heterocycles. The van der Waals surface area contributed by atoms with Gasteiger partial charge in [-0.1, -0.05) is 24.3 Å². The van der Waals surface area contributed by atoms with Crippen LogP contribution >= 0.6 is 0 Å². The Labute approximate surface area is 148 Å². The van der Waals surface area contributed by atoms with Gasteiger partial charge < -0.3 is 14.9 Å². The number of carboxylic acid groups (broad SMARTS) is 1. The molecule has 0 aliphatic carbocycles. The molecule has 132 valence electrons. The summed E-state index contributed by atoms with van der Waals surface area (Å²) in [6.07, 6.45) is 1.53. The second-order valence-corrected chi connectivity index (χ2v) is 5.63. The molecule has 0 radical (unpaired) electrons. The van der Waals surface area contributed by atoms with Crippen molar-refractivity contribution in [2.45, 2.75) is 0 Å². The van der Waals surface area contributed by atoms with Gasteiger partial charge in [-0.15, -0.1) is 0 Å². The first-order valence-electron chi connectivity index (χ1n) is 7.68. The average Bonchev–Trinajstić information content (AvgIpc) is 2.63.